The van der Waals surface area contributed by atoms with Crippen molar-refractivity contribution in [3.8, 4) is 5.75 Å². The number of benzene rings is 2. The molecule has 11 rings (SSSR count). The first kappa shape index (κ1) is 55.6. The van der Waals surface area contributed by atoms with Crippen molar-refractivity contribution >= 4 is 62.5 Å². The number of halogens is 2. The molecule has 0 spiro atoms. The molecule has 2 N–H and O–H groups in total. The lowest BCUT2D eigenvalue weighted by atomic mass is 9.69. The molecular weight excluding hydrogens is 1050 g/mol. The summed E-state index contributed by atoms with van der Waals surface area (Å²) >= 11 is 0. The Hall–Kier alpha value is -8.27. The lowest BCUT2D eigenvalue weighted by Crippen LogP contribution is -2.49. The van der Waals surface area contributed by atoms with Crippen LogP contribution in [0.4, 0.5) is 14.6 Å². The topological polar surface area (TPSA) is 209 Å². The molecule has 2 fully saturated rings. The van der Waals surface area contributed by atoms with Crippen LogP contribution in [0.2, 0.25) is 0 Å². The molecule has 4 aliphatic rings. The molecular formula is C60H70F2N14O6. The van der Waals surface area contributed by atoms with Crippen molar-refractivity contribution in [3.05, 3.63) is 125 Å². The lowest BCUT2D eigenvalue weighted by molar-refractivity contribution is -0.131. The molecule has 5 aromatic heterocycles. The van der Waals surface area contributed by atoms with Crippen molar-refractivity contribution in [3.63, 3.8) is 0 Å². The molecule has 3 atom stereocenters. The third kappa shape index (κ3) is 11.9. The second-order valence-corrected chi connectivity index (χ2v) is 22.2. The number of aromatic amines is 1. The Bertz CT molecular complexity index is 3530. The number of pyridine rings is 1. The number of methoxy groups -OCH3 is 1. The number of ether oxygens (including phenoxy) is 1. The smallest absolute Gasteiger partial charge is 0.289 e. The highest BCUT2D eigenvalue weighted by atomic mass is 19.1. The average Bonchev–Trinajstić information content (AvgIpc) is 4.42. The molecule has 2 unspecified atom stereocenters. The van der Waals surface area contributed by atoms with E-state index in [2.05, 4.69) is 61.0 Å². The molecule has 4 amide bonds. The molecule has 20 nitrogen and oxygen atoms in total. The van der Waals surface area contributed by atoms with Gasteiger partial charge < -0.3 is 44.0 Å². The number of furan rings is 1. The van der Waals surface area contributed by atoms with Gasteiger partial charge in [-0.3, -0.25) is 28.5 Å². The normalized spacial score (nSPS) is 18.7. The molecule has 7 aromatic rings. The average molecular weight is 1120 g/mol. The van der Waals surface area contributed by atoms with E-state index in [0.717, 1.165) is 78.1 Å². The largest absolute Gasteiger partial charge is 0.493 e. The lowest BCUT2D eigenvalue weighted by Gasteiger charge is -2.37. The Morgan fingerprint density at radius 2 is 1.52 bits per heavy atom. The number of anilines is 1. The fraction of sp³-hybridized carbons (Fsp3) is 0.450. The number of hydrogen-bond acceptors (Lipinski definition) is 13. The Labute approximate surface area is 474 Å². The van der Waals surface area contributed by atoms with Gasteiger partial charge in [0.25, 0.3) is 11.8 Å². The maximum Gasteiger partial charge on any atom is 0.289 e. The number of aromatic nitrogens is 8. The monoisotopic (exact) mass is 1120 g/mol. The number of amides is 4. The van der Waals surface area contributed by atoms with E-state index >= 15 is 4.39 Å². The van der Waals surface area contributed by atoms with E-state index in [-0.39, 0.29) is 59.7 Å². The number of nitrogens with one attached hydrogen (secondary N) is 2. The Kier molecular flexibility index (Phi) is 16.6. The minimum absolute atomic E-state index is 0.0489. The quantitative estimate of drug-likeness (QED) is 0.0852. The van der Waals surface area contributed by atoms with Crippen LogP contribution in [0, 0.1) is 23.5 Å². The third-order valence-electron chi connectivity index (χ3n) is 16.9. The summed E-state index contributed by atoms with van der Waals surface area (Å²) in [5.41, 5.74) is 6.29. The zero-order valence-corrected chi connectivity index (χ0v) is 47.0. The van der Waals surface area contributed by atoms with Gasteiger partial charge >= 0.3 is 0 Å². The highest BCUT2D eigenvalue weighted by molar-refractivity contribution is 6.01. The number of H-pyrrole nitrogens is 1. The van der Waals surface area contributed by atoms with Crippen LogP contribution in [0.5, 0.6) is 5.75 Å². The number of carbonyl (C=O) groups excluding carboxylic acids is 4. The number of hydrogen-bond donors (Lipinski definition) is 2. The van der Waals surface area contributed by atoms with Gasteiger partial charge in [-0.2, -0.15) is 0 Å². The van der Waals surface area contributed by atoms with Gasteiger partial charge in [0.1, 0.15) is 17.1 Å². The van der Waals surface area contributed by atoms with Crippen molar-refractivity contribution in [1.29, 1.82) is 0 Å². The van der Waals surface area contributed by atoms with Crippen LogP contribution in [0.15, 0.2) is 84.0 Å². The first-order valence-electron chi connectivity index (χ1n) is 28.5. The second kappa shape index (κ2) is 24.4. The highest BCUT2D eigenvalue weighted by Crippen LogP contribution is 2.46. The summed E-state index contributed by atoms with van der Waals surface area (Å²) in [6, 6.07) is 11.1. The molecule has 8 heterocycles. The number of aryl methyl sites for hydroxylation is 2. The summed E-state index contributed by atoms with van der Waals surface area (Å²) in [6.45, 7) is 7.74. The van der Waals surface area contributed by atoms with E-state index in [1.165, 1.54) is 18.1 Å². The van der Waals surface area contributed by atoms with Crippen LogP contribution in [-0.2, 0) is 29.2 Å². The van der Waals surface area contributed by atoms with Crippen LogP contribution >= 0.6 is 0 Å². The van der Waals surface area contributed by atoms with Gasteiger partial charge in [-0.05, 0) is 109 Å². The summed E-state index contributed by atoms with van der Waals surface area (Å²) in [7, 11) is 4.87. The van der Waals surface area contributed by atoms with Gasteiger partial charge in [-0.25, -0.2) is 13.8 Å². The highest BCUT2D eigenvalue weighted by Gasteiger charge is 2.35. The third-order valence-corrected chi connectivity index (χ3v) is 16.9. The van der Waals surface area contributed by atoms with E-state index in [9.17, 15) is 23.6 Å². The minimum Gasteiger partial charge on any atom is -0.493 e. The summed E-state index contributed by atoms with van der Waals surface area (Å²) in [5, 5.41) is 21.0. The van der Waals surface area contributed by atoms with Gasteiger partial charge in [0.2, 0.25) is 11.8 Å². The van der Waals surface area contributed by atoms with Crippen LogP contribution in [0.1, 0.15) is 108 Å². The Balaban J connectivity index is 0.824. The standard InChI is InChI=1S/C60H70F2N14O6/c1-5-39-26-38(33-63-34-44-28-42(27-43-29-52(82-57(43)44)60(80)70(2)3)40-8-6-16-73(36-40)53(77)12-18-75-20-14-65-68-75)10-11-46(39)48-31-47(41-9-7-17-74(37-41)54(78)13-19-76-21-15-66-69-76)55(62)56-49(48)32-50(67-56)59(79)72-24-22-71(23-25-72)58-51(81-4)30-45(61)35-64-58/h8-9,14-15,20-21,27-32,35,38-39,46,63,67H,5-7,10-13,16-19,22-26,33-34,36-37H2,1-4H3/t38?,39?,46-/m0/s1. The predicted octanol–water partition coefficient (Wildman–Crippen LogP) is 7.55. The fourth-order valence-corrected chi connectivity index (χ4v) is 12.5. The van der Waals surface area contributed by atoms with Crippen LogP contribution in [-0.4, -0.2) is 163 Å². The first-order valence-corrected chi connectivity index (χ1v) is 28.5. The fourth-order valence-electron chi connectivity index (χ4n) is 12.5. The molecule has 82 heavy (non-hydrogen) atoms. The number of carbonyl (C=O) groups is 4. The van der Waals surface area contributed by atoms with Crippen molar-refractivity contribution in [2.24, 2.45) is 11.8 Å². The molecule has 2 aromatic carbocycles. The Morgan fingerprint density at radius 1 is 0.829 bits per heavy atom. The van der Waals surface area contributed by atoms with Gasteiger partial charge in [0.05, 0.1) is 44.3 Å². The van der Waals surface area contributed by atoms with Crippen molar-refractivity contribution < 1.29 is 37.1 Å². The van der Waals surface area contributed by atoms with Crippen molar-refractivity contribution in [1.82, 2.24) is 64.9 Å². The molecule has 1 aliphatic carbocycles. The van der Waals surface area contributed by atoms with E-state index in [1.54, 1.807) is 64.1 Å². The number of piperazine rings is 1. The zero-order chi connectivity index (χ0) is 57.0. The van der Waals surface area contributed by atoms with Gasteiger partial charge in [0, 0.05) is 126 Å². The number of rotatable bonds is 18. The second-order valence-electron chi connectivity index (χ2n) is 22.2. The summed E-state index contributed by atoms with van der Waals surface area (Å²) in [4.78, 5) is 71.2. The SMILES string of the molecule is CCC1CC(CNCc2cc(C3=CCCN(C(=O)CCn4ccnn4)C3)cc3cc(C(=O)N(C)C)oc23)CC[C@@H]1c1cc(C2=CCCN(C(=O)CCn3ccnn3)C2)c(F)c2[nH]c(C(=O)N3CCN(c4ncc(F)cc4OC)CC3)cc12. The van der Waals surface area contributed by atoms with E-state index in [1.807, 2.05) is 28.0 Å². The van der Waals surface area contributed by atoms with Gasteiger partial charge in [-0.15, -0.1) is 10.2 Å². The van der Waals surface area contributed by atoms with Crippen LogP contribution in [0.3, 0.4) is 0 Å². The summed E-state index contributed by atoms with van der Waals surface area (Å²) < 4.78 is 46.5. The van der Waals surface area contributed by atoms with E-state index in [0.29, 0.717) is 118 Å². The number of nitrogens with zero attached hydrogens (tertiary/aromatic N) is 12. The predicted molar refractivity (Wildman–Crippen MR) is 305 cm³/mol. The first-order chi connectivity index (χ1) is 39.8. The van der Waals surface area contributed by atoms with E-state index in [4.69, 9.17) is 9.15 Å². The molecule has 3 aliphatic heterocycles. The van der Waals surface area contributed by atoms with Crippen molar-refractivity contribution in [2.75, 3.05) is 85.0 Å². The maximum absolute atomic E-state index is 17.4. The Morgan fingerprint density at radius 3 is 2.18 bits per heavy atom. The summed E-state index contributed by atoms with van der Waals surface area (Å²) in [6.07, 6.45) is 17.4. The van der Waals surface area contributed by atoms with Gasteiger partial charge in [-0.1, -0.05) is 35.9 Å². The van der Waals surface area contributed by atoms with Gasteiger partial charge in [0.15, 0.2) is 23.1 Å². The molecule has 430 valence electrons. The molecule has 22 heteroatoms. The van der Waals surface area contributed by atoms with Crippen LogP contribution < -0.4 is 15.0 Å². The molecule has 0 bridgehead atoms. The van der Waals surface area contributed by atoms with E-state index < -0.39 is 11.6 Å². The maximum atomic E-state index is 17.4. The van der Waals surface area contributed by atoms with Crippen LogP contribution in [0.25, 0.3) is 33.0 Å². The molecule has 1 saturated heterocycles. The minimum atomic E-state index is -0.501. The zero-order valence-electron chi connectivity index (χ0n) is 47.0. The number of fused-ring (bicyclic) bond motifs is 2. The molecule has 1 saturated carbocycles. The molecule has 0 radical (unpaired) electrons. The van der Waals surface area contributed by atoms with Crippen molar-refractivity contribution in [2.45, 2.75) is 83.8 Å². The summed E-state index contributed by atoms with van der Waals surface area (Å²) in [5.74, 6) is 0.256.